The monoisotopic (exact) mass is 383 g/mol. The van der Waals surface area contributed by atoms with Crippen LogP contribution in [0.5, 0.6) is 0 Å². The van der Waals surface area contributed by atoms with Gasteiger partial charge in [-0.25, -0.2) is 4.39 Å². The van der Waals surface area contributed by atoms with Gasteiger partial charge in [-0.15, -0.1) is 0 Å². The quantitative estimate of drug-likeness (QED) is 0.785. The van der Waals surface area contributed by atoms with Crippen LogP contribution in [0.4, 0.5) is 10.1 Å². The standard InChI is InChI=1S/C23H30FN3O/c1-3-7-22(19-8-5-4-6-9-19)25-23(28)18(2)26-14-16-27(17-15-26)21-12-10-20(24)11-13-21/h4-6,8-13,18,22H,3,7,14-17H2,1-2H3,(H,25,28)/t18-,22-/m1/s1. The molecule has 0 radical (unpaired) electrons. The van der Waals surface area contributed by atoms with Gasteiger partial charge < -0.3 is 10.2 Å². The van der Waals surface area contributed by atoms with Crippen molar-refractivity contribution < 1.29 is 9.18 Å². The topological polar surface area (TPSA) is 35.6 Å². The number of hydrogen-bond acceptors (Lipinski definition) is 3. The van der Waals surface area contributed by atoms with Gasteiger partial charge >= 0.3 is 0 Å². The van der Waals surface area contributed by atoms with Gasteiger partial charge in [-0.05, 0) is 43.2 Å². The first-order chi connectivity index (χ1) is 13.6. The van der Waals surface area contributed by atoms with E-state index in [1.165, 1.54) is 12.1 Å². The number of piperazine rings is 1. The predicted octanol–water partition coefficient (Wildman–Crippen LogP) is 3.99. The second-order valence-corrected chi connectivity index (χ2v) is 7.44. The molecular weight excluding hydrogens is 353 g/mol. The smallest absolute Gasteiger partial charge is 0.237 e. The molecule has 1 aliphatic heterocycles. The molecule has 1 saturated heterocycles. The minimum absolute atomic E-state index is 0.0571. The van der Waals surface area contributed by atoms with E-state index in [2.05, 4.69) is 34.2 Å². The Balaban J connectivity index is 1.55. The Morgan fingerprint density at radius 1 is 1.04 bits per heavy atom. The highest BCUT2D eigenvalue weighted by Crippen LogP contribution is 2.20. The molecule has 0 bridgehead atoms. The lowest BCUT2D eigenvalue weighted by molar-refractivity contribution is -0.126. The van der Waals surface area contributed by atoms with Gasteiger partial charge in [0.1, 0.15) is 5.82 Å². The van der Waals surface area contributed by atoms with Crippen molar-refractivity contribution in [2.24, 2.45) is 0 Å². The van der Waals surface area contributed by atoms with E-state index in [0.29, 0.717) is 0 Å². The molecular formula is C23H30FN3O. The van der Waals surface area contributed by atoms with Gasteiger partial charge in [0.25, 0.3) is 0 Å². The second kappa shape index (κ2) is 9.69. The van der Waals surface area contributed by atoms with E-state index >= 15 is 0 Å². The zero-order chi connectivity index (χ0) is 19.9. The van der Waals surface area contributed by atoms with E-state index in [0.717, 1.165) is 50.3 Å². The van der Waals surface area contributed by atoms with Crippen LogP contribution in [-0.4, -0.2) is 43.0 Å². The molecule has 1 fully saturated rings. The summed E-state index contributed by atoms with van der Waals surface area (Å²) in [6.07, 6.45) is 1.95. The van der Waals surface area contributed by atoms with Crippen molar-refractivity contribution in [1.82, 2.24) is 10.2 Å². The number of carbonyl (C=O) groups is 1. The minimum Gasteiger partial charge on any atom is -0.369 e. The van der Waals surface area contributed by atoms with Gasteiger partial charge in [-0.1, -0.05) is 43.7 Å². The van der Waals surface area contributed by atoms with Crippen LogP contribution >= 0.6 is 0 Å². The summed E-state index contributed by atoms with van der Waals surface area (Å²) in [5.41, 5.74) is 2.19. The second-order valence-electron chi connectivity index (χ2n) is 7.44. The first kappa shape index (κ1) is 20.3. The Morgan fingerprint density at radius 3 is 2.29 bits per heavy atom. The number of amides is 1. The highest BCUT2D eigenvalue weighted by Gasteiger charge is 2.27. The zero-order valence-electron chi connectivity index (χ0n) is 16.8. The Morgan fingerprint density at radius 2 is 1.68 bits per heavy atom. The molecule has 3 rings (SSSR count). The van der Waals surface area contributed by atoms with Crippen LogP contribution in [0.25, 0.3) is 0 Å². The van der Waals surface area contributed by atoms with Gasteiger partial charge in [0.2, 0.25) is 5.91 Å². The van der Waals surface area contributed by atoms with Gasteiger partial charge in [-0.3, -0.25) is 9.69 Å². The van der Waals surface area contributed by atoms with Crippen LogP contribution in [0.15, 0.2) is 54.6 Å². The fourth-order valence-corrected chi connectivity index (χ4v) is 3.77. The molecule has 0 aromatic heterocycles. The maximum absolute atomic E-state index is 13.1. The van der Waals surface area contributed by atoms with Crippen molar-refractivity contribution in [3.05, 3.63) is 66.0 Å². The minimum atomic E-state index is -0.215. The third kappa shape index (κ3) is 5.10. The van der Waals surface area contributed by atoms with E-state index in [1.54, 1.807) is 0 Å². The molecule has 1 aliphatic rings. The maximum Gasteiger partial charge on any atom is 0.237 e. The van der Waals surface area contributed by atoms with Crippen LogP contribution in [-0.2, 0) is 4.79 Å². The molecule has 1 N–H and O–H groups in total. The summed E-state index contributed by atoms with van der Waals surface area (Å²) in [5.74, 6) is -0.134. The number of rotatable bonds is 7. The SMILES string of the molecule is CCC[C@@H](NC(=O)[C@@H](C)N1CCN(c2ccc(F)cc2)CC1)c1ccccc1. The maximum atomic E-state index is 13.1. The van der Waals surface area contributed by atoms with E-state index < -0.39 is 0 Å². The lowest BCUT2D eigenvalue weighted by atomic mass is 10.0. The van der Waals surface area contributed by atoms with Crippen molar-refractivity contribution in [3.8, 4) is 0 Å². The third-order valence-corrected chi connectivity index (χ3v) is 5.53. The molecule has 150 valence electrons. The molecule has 28 heavy (non-hydrogen) atoms. The molecule has 1 heterocycles. The molecule has 2 aromatic rings. The van der Waals surface area contributed by atoms with Crippen molar-refractivity contribution in [2.45, 2.75) is 38.8 Å². The molecule has 1 amide bonds. The molecule has 4 nitrogen and oxygen atoms in total. The van der Waals surface area contributed by atoms with E-state index in [1.807, 2.05) is 37.3 Å². The van der Waals surface area contributed by atoms with Gasteiger partial charge in [0.05, 0.1) is 12.1 Å². The molecule has 2 atom stereocenters. The molecule has 0 unspecified atom stereocenters. The normalized spacial score (nSPS) is 17.2. The largest absolute Gasteiger partial charge is 0.369 e. The summed E-state index contributed by atoms with van der Waals surface area (Å²) >= 11 is 0. The summed E-state index contributed by atoms with van der Waals surface area (Å²) in [6.45, 7) is 7.42. The van der Waals surface area contributed by atoms with E-state index in [9.17, 15) is 9.18 Å². The first-order valence-electron chi connectivity index (χ1n) is 10.2. The number of hydrogen-bond donors (Lipinski definition) is 1. The number of anilines is 1. The van der Waals surface area contributed by atoms with Crippen LogP contribution in [0.1, 0.15) is 38.3 Å². The van der Waals surface area contributed by atoms with Gasteiger partial charge in [0.15, 0.2) is 0 Å². The molecule has 0 spiro atoms. The highest BCUT2D eigenvalue weighted by molar-refractivity contribution is 5.81. The summed E-state index contributed by atoms with van der Waals surface area (Å²) in [7, 11) is 0. The lowest BCUT2D eigenvalue weighted by Gasteiger charge is -2.39. The Bertz CT molecular complexity index is 742. The summed E-state index contributed by atoms with van der Waals surface area (Å²) in [4.78, 5) is 17.3. The fourth-order valence-electron chi connectivity index (χ4n) is 3.77. The van der Waals surface area contributed by atoms with Crippen molar-refractivity contribution in [1.29, 1.82) is 0 Å². The molecule has 0 saturated carbocycles. The number of nitrogens with zero attached hydrogens (tertiary/aromatic N) is 2. The average Bonchev–Trinajstić information content (AvgIpc) is 2.74. The first-order valence-corrected chi connectivity index (χ1v) is 10.2. The molecule has 5 heteroatoms. The van der Waals surface area contributed by atoms with Crippen molar-refractivity contribution >= 4 is 11.6 Å². The van der Waals surface area contributed by atoms with Crippen LogP contribution < -0.4 is 10.2 Å². The van der Waals surface area contributed by atoms with Crippen molar-refractivity contribution in [3.63, 3.8) is 0 Å². The number of carbonyl (C=O) groups excluding carboxylic acids is 1. The van der Waals surface area contributed by atoms with Crippen LogP contribution in [0.3, 0.4) is 0 Å². The van der Waals surface area contributed by atoms with E-state index in [-0.39, 0.29) is 23.8 Å². The highest BCUT2D eigenvalue weighted by atomic mass is 19.1. The summed E-state index contributed by atoms with van der Waals surface area (Å²) in [6, 6.07) is 16.7. The summed E-state index contributed by atoms with van der Waals surface area (Å²) < 4.78 is 13.1. The zero-order valence-corrected chi connectivity index (χ0v) is 16.8. The van der Waals surface area contributed by atoms with Gasteiger partial charge in [0, 0.05) is 31.9 Å². The summed E-state index contributed by atoms with van der Waals surface area (Å²) in [5, 5.41) is 3.24. The van der Waals surface area contributed by atoms with Crippen LogP contribution in [0, 0.1) is 5.82 Å². The fraction of sp³-hybridized carbons (Fsp3) is 0.435. The van der Waals surface area contributed by atoms with Crippen molar-refractivity contribution in [2.75, 3.05) is 31.1 Å². The van der Waals surface area contributed by atoms with E-state index in [4.69, 9.17) is 0 Å². The Hall–Kier alpha value is -2.40. The molecule has 2 aromatic carbocycles. The Labute approximate surface area is 167 Å². The number of benzene rings is 2. The Kier molecular flexibility index (Phi) is 7.04. The third-order valence-electron chi connectivity index (χ3n) is 5.53. The van der Waals surface area contributed by atoms with Crippen LogP contribution in [0.2, 0.25) is 0 Å². The molecule has 0 aliphatic carbocycles. The number of nitrogens with one attached hydrogen (secondary N) is 1. The lowest BCUT2D eigenvalue weighted by Crippen LogP contribution is -2.54. The number of halogens is 1. The average molecular weight is 384 g/mol. The predicted molar refractivity (Wildman–Crippen MR) is 112 cm³/mol. The van der Waals surface area contributed by atoms with Gasteiger partial charge in [-0.2, -0.15) is 0 Å².